The van der Waals surface area contributed by atoms with Gasteiger partial charge in [0.25, 0.3) is 0 Å². The van der Waals surface area contributed by atoms with Crippen molar-refractivity contribution < 1.29 is 14.3 Å². The third kappa shape index (κ3) is 5.19. The zero-order valence-electron chi connectivity index (χ0n) is 14.5. The molecule has 0 spiro atoms. The molecule has 1 atom stereocenters. The molecule has 1 saturated heterocycles. The third-order valence-electron chi connectivity index (χ3n) is 3.66. The lowest BCUT2D eigenvalue weighted by Gasteiger charge is -2.41. The van der Waals surface area contributed by atoms with Crippen LogP contribution in [0.3, 0.4) is 0 Å². The highest BCUT2D eigenvalue weighted by Gasteiger charge is 2.34. The van der Waals surface area contributed by atoms with Crippen molar-refractivity contribution in [1.82, 2.24) is 14.8 Å². The molecule has 1 aromatic rings. The molecule has 0 N–H and O–H groups in total. The summed E-state index contributed by atoms with van der Waals surface area (Å²) in [5.74, 6) is -0.196. The quantitative estimate of drug-likeness (QED) is 0.529. The number of rotatable bonds is 2. The van der Waals surface area contributed by atoms with Gasteiger partial charge in [0.15, 0.2) is 0 Å². The minimum atomic E-state index is -0.580. The van der Waals surface area contributed by atoms with Gasteiger partial charge in [0.05, 0.1) is 6.04 Å². The second-order valence-corrected chi connectivity index (χ2v) is 7.92. The van der Waals surface area contributed by atoms with Crippen molar-refractivity contribution in [3.63, 3.8) is 0 Å². The van der Waals surface area contributed by atoms with E-state index in [4.69, 9.17) is 16.3 Å². The van der Waals surface area contributed by atoms with E-state index < -0.39 is 11.7 Å². The topological polar surface area (TPSA) is 62.7 Å². The molecule has 0 unspecified atom stereocenters. The predicted octanol–water partition coefficient (Wildman–Crippen LogP) is 3.80. The molecule has 1 aliphatic heterocycles. The average Bonchev–Trinajstić information content (AvgIpc) is 2.51. The van der Waals surface area contributed by atoms with Gasteiger partial charge in [-0.15, -0.1) is 0 Å². The van der Waals surface area contributed by atoms with Crippen LogP contribution in [0.2, 0.25) is 5.15 Å². The van der Waals surface area contributed by atoms with E-state index in [1.807, 2.05) is 20.8 Å². The maximum absolute atomic E-state index is 12.4. The third-order valence-corrected chi connectivity index (χ3v) is 4.26. The molecule has 2 amide bonds. The first kappa shape index (κ1) is 19.7. The summed E-state index contributed by atoms with van der Waals surface area (Å²) in [6, 6.07) is 3.13. The van der Waals surface area contributed by atoms with E-state index in [1.165, 1.54) is 6.08 Å². The number of ether oxygens (including phenoxy) is 1. The van der Waals surface area contributed by atoms with Crippen LogP contribution < -0.4 is 0 Å². The Kier molecular flexibility index (Phi) is 6.11. The molecular weight excluding hydrogens is 410 g/mol. The fraction of sp³-hybridized carbons (Fsp3) is 0.471. The molecule has 1 aromatic heterocycles. The monoisotopic (exact) mass is 429 g/mol. The molecular formula is C17H21BrClN3O3. The number of amides is 2. The highest BCUT2D eigenvalue weighted by Crippen LogP contribution is 2.29. The number of nitrogens with zero attached hydrogens (tertiary/aromatic N) is 3. The van der Waals surface area contributed by atoms with Crippen molar-refractivity contribution in [3.8, 4) is 0 Å². The van der Waals surface area contributed by atoms with Crippen molar-refractivity contribution in [2.24, 2.45) is 0 Å². The van der Waals surface area contributed by atoms with E-state index in [-0.39, 0.29) is 11.9 Å². The van der Waals surface area contributed by atoms with E-state index in [9.17, 15) is 9.59 Å². The van der Waals surface area contributed by atoms with E-state index in [1.54, 1.807) is 21.9 Å². The van der Waals surface area contributed by atoms with Crippen LogP contribution in [0, 0.1) is 0 Å². The lowest BCUT2D eigenvalue weighted by Crippen LogP contribution is -2.52. The lowest BCUT2D eigenvalue weighted by atomic mass is 10.0. The Hall–Kier alpha value is -1.60. The molecule has 6 nitrogen and oxygen atoms in total. The summed E-state index contributed by atoms with van der Waals surface area (Å²) in [5, 5.41) is 0.310. The van der Waals surface area contributed by atoms with Crippen LogP contribution in [0.5, 0.6) is 0 Å². The minimum Gasteiger partial charge on any atom is -0.444 e. The summed E-state index contributed by atoms with van der Waals surface area (Å²) in [5.41, 5.74) is 0.208. The molecule has 136 valence electrons. The van der Waals surface area contributed by atoms with Crippen LogP contribution in [-0.2, 0) is 9.53 Å². The largest absolute Gasteiger partial charge is 0.444 e. The van der Waals surface area contributed by atoms with Gasteiger partial charge in [-0.3, -0.25) is 4.79 Å². The molecule has 2 rings (SSSR count). The number of halogens is 2. The summed E-state index contributed by atoms with van der Waals surface area (Å²) in [6.45, 7) is 10.1. The fourth-order valence-corrected chi connectivity index (χ4v) is 3.39. The number of hydrogen-bond donors (Lipinski definition) is 0. The standard InChI is InChI=1S/C17H21BrClN3O3/c1-5-15(23)22-7-6-21(16(24)25-17(2,3)4)10-12(22)11-8-13(18)20-14(19)9-11/h5,8-9,12H,1,6-7,10H2,2-4H3/t12-/m1/s1. The van der Waals surface area contributed by atoms with Gasteiger partial charge in [-0.1, -0.05) is 18.2 Å². The molecule has 8 heteroatoms. The maximum Gasteiger partial charge on any atom is 0.410 e. The summed E-state index contributed by atoms with van der Waals surface area (Å²) in [6.07, 6.45) is 0.871. The van der Waals surface area contributed by atoms with Crippen LogP contribution >= 0.6 is 27.5 Å². The highest BCUT2D eigenvalue weighted by atomic mass is 79.9. The van der Waals surface area contributed by atoms with Gasteiger partial charge in [-0.2, -0.15) is 0 Å². The Bertz CT molecular complexity index is 670. The Labute approximate surface area is 160 Å². The van der Waals surface area contributed by atoms with E-state index >= 15 is 0 Å². The number of carbonyl (C=O) groups excluding carboxylic acids is 2. The first-order valence-corrected chi connectivity index (χ1v) is 9.02. The molecule has 0 bridgehead atoms. The van der Waals surface area contributed by atoms with Crippen molar-refractivity contribution in [1.29, 1.82) is 0 Å². The van der Waals surface area contributed by atoms with Gasteiger partial charge in [-0.05, 0) is 60.5 Å². The number of piperazine rings is 1. The molecule has 0 aliphatic carbocycles. The SMILES string of the molecule is C=CC(=O)N1CCN(C(=O)OC(C)(C)C)C[C@@H]1c1cc(Cl)nc(Br)c1. The predicted molar refractivity (Wildman–Crippen MR) is 99.4 cm³/mol. The van der Waals surface area contributed by atoms with E-state index in [2.05, 4.69) is 27.5 Å². The molecule has 0 saturated carbocycles. The first-order valence-electron chi connectivity index (χ1n) is 7.84. The fourth-order valence-electron chi connectivity index (χ4n) is 2.62. The molecule has 25 heavy (non-hydrogen) atoms. The summed E-state index contributed by atoms with van der Waals surface area (Å²) < 4.78 is 6.01. The number of hydrogen-bond acceptors (Lipinski definition) is 4. The normalized spacial score (nSPS) is 18.0. The number of aromatic nitrogens is 1. The van der Waals surface area contributed by atoms with E-state index in [0.717, 1.165) is 5.56 Å². The van der Waals surface area contributed by atoms with Crippen LogP contribution in [0.1, 0.15) is 32.4 Å². The average molecular weight is 431 g/mol. The Morgan fingerprint density at radius 3 is 2.64 bits per heavy atom. The van der Waals surface area contributed by atoms with Crippen molar-refractivity contribution in [3.05, 3.63) is 40.1 Å². The molecule has 1 fully saturated rings. The highest BCUT2D eigenvalue weighted by molar-refractivity contribution is 9.10. The van der Waals surface area contributed by atoms with Crippen molar-refractivity contribution >= 4 is 39.5 Å². The van der Waals surface area contributed by atoms with E-state index in [0.29, 0.717) is 29.4 Å². The van der Waals surface area contributed by atoms with Gasteiger partial charge < -0.3 is 14.5 Å². The molecule has 2 heterocycles. The Morgan fingerprint density at radius 2 is 2.08 bits per heavy atom. The van der Waals surface area contributed by atoms with Crippen molar-refractivity contribution in [2.45, 2.75) is 32.4 Å². The summed E-state index contributed by atoms with van der Waals surface area (Å²) in [4.78, 5) is 32.0. The van der Waals surface area contributed by atoms with Crippen LogP contribution in [0.4, 0.5) is 4.79 Å². The zero-order chi connectivity index (χ0) is 18.8. The van der Waals surface area contributed by atoms with Crippen molar-refractivity contribution in [2.75, 3.05) is 19.6 Å². The lowest BCUT2D eigenvalue weighted by molar-refractivity contribution is -0.131. The molecule has 1 aliphatic rings. The van der Waals surface area contributed by atoms with Gasteiger partial charge in [0.2, 0.25) is 5.91 Å². The molecule has 0 aromatic carbocycles. The smallest absolute Gasteiger partial charge is 0.410 e. The van der Waals surface area contributed by atoms with Crippen LogP contribution in [0.15, 0.2) is 29.4 Å². The Morgan fingerprint density at radius 1 is 1.40 bits per heavy atom. The van der Waals surface area contributed by atoms with Gasteiger partial charge in [0, 0.05) is 19.6 Å². The van der Waals surface area contributed by atoms with Crippen LogP contribution in [0.25, 0.3) is 0 Å². The Balaban J connectivity index is 2.30. The second-order valence-electron chi connectivity index (χ2n) is 6.72. The van der Waals surface area contributed by atoms with Gasteiger partial charge in [0.1, 0.15) is 15.4 Å². The summed E-state index contributed by atoms with van der Waals surface area (Å²) in [7, 11) is 0. The second kappa shape index (κ2) is 7.74. The van der Waals surface area contributed by atoms with Crippen LogP contribution in [-0.4, -0.2) is 52.0 Å². The minimum absolute atomic E-state index is 0.196. The van der Waals surface area contributed by atoms with Gasteiger partial charge in [-0.25, -0.2) is 9.78 Å². The number of carbonyl (C=O) groups is 2. The summed E-state index contributed by atoms with van der Waals surface area (Å²) >= 11 is 9.36. The van der Waals surface area contributed by atoms with Gasteiger partial charge >= 0.3 is 6.09 Å². The number of pyridine rings is 1. The first-order chi connectivity index (χ1) is 11.6. The molecule has 0 radical (unpaired) electrons. The maximum atomic E-state index is 12.4. The zero-order valence-corrected chi connectivity index (χ0v) is 16.8.